The number of carbonyl (C=O) groups is 9. The molecule has 476 valence electrons. The Labute approximate surface area is 507 Å². The van der Waals surface area contributed by atoms with Crippen LogP contribution in [0.1, 0.15) is 124 Å². The van der Waals surface area contributed by atoms with Gasteiger partial charge >= 0.3 is 6.03 Å². The van der Waals surface area contributed by atoms with Gasteiger partial charge in [-0.3, -0.25) is 43.3 Å². The number of rotatable bonds is 35. The second kappa shape index (κ2) is 33.3. The van der Waals surface area contributed by atoms with Gasteiger partial charge in [0, 0.05) is 61.2 Å². The molecule has 4 rings (SSSR count). The first-order valence-corrected chi connectivity index (χ1v) is 31.0. The van der Waals surface area contributed by atoms with Crippen molar-refractivity contribution < 1.29 is 65.8 Å². The molecule has 2 aromatic carbocycles. The summed E-state index contributed by atoms with van der Waals surface area (Å²) in [6.45, 7) is 19.5. The highest BCUT2D eigenvalue weighted by Gasteiger charge is 2.42. The van der Waals surface area contributed by atoms with Crippen LogP contribution in [0.2, 0.25) is 0 Å². The number of ketones is 1. The number of carbonyl (C=O) groups excluding carboxylic acids is 9. The normalized spacial score (nSPS) is 15.6. The summed E-state index contributed by atoms with van der Waals surface area (Å²) in [6, 6.07) is 8.29. The van der Waals surface area contributed by atoms with Crippen molar-refractivity contribution >= 4 is 68.9 Å². The predicted octanol–water partition coefficient (Wildman–Crippen LogP) is 4.36. The molecule has 1 aliphatic heterocycles. The lowest BCUT2D eigenvalue weighted by Gasteiger charge is -2.40. The second-order valence-electron chi connectivity index (χ2n) is 24.2. The van der Waals surface area contributed by atoms with Gasteiger partial charge in [-0.15, -0.1) is 0 Å². The largest absolute Gasteiger partial charge is 0.379 e. The minimum atomic E-state index is -4.52. The number of hydrogen-bond donors (Lipinski definition) is 7. The lowest BCUT2D eigenvalue weighted by atomic mass is 9.76. The summed E-state index contributed by atoms with van der Waals surface area (Å²) in [5, 5.41) is 14.4. The number of hydrogen-bond acceptors (Lipinski definition) is 15. The van der Waals surface area contributed by atoms with E-state index in [-0.39, 0.29) is 118 Å². The molecule has 9 amide bonds. The molecule has 0 bridgehead atoms. The molecular weight excluding hydrogens is 1130 g/mol. The van der Waals surface area contributed by atoms with E-state index in [4.69, 9.17) is 19.9 Å². The van der Waals surface area contributed by atoms with Crippen LogP contribution in [0, 0.1) is 23.2 Å². The molecule has 23 nitrogen and oxygen atoms in total. The van der Waals surface area contributed by atoms with Crippen LogP contribution >= 0.6 is 0 Å². The van der Waals surface area contributed by atoms with Gasteiger partial charge in [0.2, 0.25) is 23.6 Å². The van der Waals surface area contributed by atoms with Crippen molar-refractivity contribution in [2.24, 2.45) is 28.9 Å². The molecular formula is C62H93N9O14S. The quantitative estimate of drug-likeness (QED) is 0.0286. The number of urea groups is 1. The Bertz CT molecular complexity index is 2870. The van der Waals surface area contributed by atoms with Crippen LogP contribution in [0.4, 0.5) is 10.5 Å². The molecule has 24 heteroatoms. The lowest BCUT2D eigenvalue weighted by molar-refractivity contribution is -0.141. The molecule has 0 spiro atoms. The topological polar surface area (TPSA) is 320 Å². The summed E-state index contributed by atoms with van der Waals surface area (Å²) in [7, 11) is -1.23. The van der Waals surface area contributed by atoms with E-state index in [1.54, 1.807) is 34.0 Å². The molecule has 8 N–H and O–H groups in total. The number of fused-ring (bicyclic) bond motifs is 1. The maximum absolute atomic E-state index is 14.5. The van der Waals surface area contributed by atoms with Crippen molar-refractivity contribution in [1.29, 1.82) is 0 Å². The van der Waals surface area contributed by atoms with E-state index >= 15 is 0 Å². The molecule has 0 saturated carbocycles. The predicted molar refractivity (Wildman–Crippen MR) is 326 cm³/mol. The minimum absolute atomic E-state index is 0.0309. The molecule has 1 heterocycles. The Kier molecular flexibility index (Phi) is 27.7. The third-order valence-electron chi connectivity index (χ3n) is 15.5. The minimum Gasteiger partial charge on any atom is -0.379 e. The Morgan fingerprint density at radius 2 is 1.36 bits per heavy atom. The Hall–Kier alpha value is -6.86. The average molecular weight is 1220 g/mol. The highest BCUT2D eigenvalue weighted by Crippen LogP contribution is 2.35. The molecule has 0 saturated heterocycles. The second-order valence-corrected chi connectivity index (χ2v) is 25.8. The summed E-state index contributed by atoms with van der Waals surface area (Å²) in [5.74, 6) is -5.38. The van der Waals surface area contributed by atoms with Gasteiger partial charge in [0.05, 0.1) is 69.2 Å². The zero-order valence-corrected chi connectivity index (χ0v) is 53.0. The molecule has 0 aromatic heterocycles. The van der Waals surface area contributed by atoms with Crippen molar-refractivity contribution in [1.82, 2.24) is 35.8 Å². The fourth-order valence-corrected chi connectivity index (χ4v) is 11.8. The highest BCUT2D eigenvalue weighted by atomic mass is 32.2. The monoisotopic (exact) mass is 1220 g/mol. The van der Waals surface area contributed by atoms with Gasteiger partial charge in [0.25, 0.3) is 27.7 Å². The lowest BCUT2D eigenvalue weighted by Crippen LogP contribution is -2.61. The maximum Gasteiger partial charge on any atom is 0.312 e. The number of Topliss-reactive ketones (excluding diaryl/α,β-unsaturated/α-hetero) is 1. The van der Waals surface area contributed by atoms with Crippen LogP contribution in [0.5, 0.6) is 0 Å². The van der Waals surface area contributed by atoms with E-state index in [0.717, 1.165) is 10.5 Å². The first-order valence-electron chi connectivity index (χ1n) is 29.6. The Balaban J connectivity index is 1.42. The highest BCUT2D eigenvalue weighted by molar-refractivity contribution is 7.90. The third-order valence-corrected chi connectivity index (χ3v) is 16.9. The van der Waals surface area contributed by atoms with Crippen molar-refractivity contribution in [2.45, 2.75) is 155 Å². The number of benzene rings is 2. The summed E-state index contributed by atoms with van der Waals surface area (Å²) in [4.78, 5) is 121. The van der Waals surface area contributed by atoms with Gasteiger partial charge in [-0.1, -0.05) is 98.7 Å². The number of likely N-dealkylation sites (N-methyl/N-ethyl adjacent to an activating group) is 2. The van der Waals surface area contributed by atoms with E-state index in [2.05, 4.69) is 31.3 Å². The fourth-order valence-electron chi connectivity index (χ4n) is 10.5. The smallest absolute Gasteiger partial charge is 0.312 e. The molecule has 0 unspecified atom stereocenters. The standard InChI is InChI=1S/C62H93N9O14S/c1-39(2)47(70(12)59(79)55(61(6,7)8)68-58(78)54(64-11)62(9,10)43-20-14-13-15-21-43)37-41(5)56(76)69-86(81,82)49-25-24-46(44-22-16-17-23-45(44)49)66-57(77)42(19-18-29-65-60(63)80)38-48(72)53(40(3)4)67-50(73)28-31-83-33-35-85-36-34-84-32-30-71-51(74)26-27-52(71)75/h13-15,20-21,24-27,37,39-40,42,47,53-55,64H,16-19,22-23,28-36,38H2,1-12H3,(H,66,77)(H,67,73)(H,68,78)(H,69,76)(H3,63,65,80)/b41-37+/t42-,47-,53+,54-,55-/m1/s1. The number of sulfonamides is 1. The van der Waals surface area contributed by atoms with E-state index < -0.39 is 86.4 Å². The van der Waals surface area contributed by atoms with Crippen LogP contribution in [0.3, 0.4) is 0 Å². The van der Waals surface area contributed by atoms with E-state index in [9.17, 15) is 51.6 Å². The van der Waals surface area contributed by atoms with Crippen LogP contribution < -0.4 is 37.0 Å². The summed E-state index contributed by atoms with van der Waals surface area (Å²) < 4.78 is 47.2. The number of ether oxygens (including phenoxy) is 3. The molecule has 1 aliphatic carbocycles. The van der Waals surface area contributed by atoms with Gasteiger partial charge in [-0.2, -0.15) is 0 Å². The number of primary amides is 1. The summed E-state index contributed by atoms with van der Waals surface area (Å²) in [5.41, 5.74) is 6.17. The number of anilines is 1. The Morgan fingerprint density at radius 1 is 0.767 bits per heavy atom. The molecule has 0 radical (unpaired) electrons. The van der Waals surface area contributed by atoms with Crippen LogP contribution in [-0.2, 0) is 80.8 Å². The summed E-state index contributed by atoms with van der Waals surface area (Å²) >= 11 is 0. The van der Waals surface area contributed by atoms with Crippen LogP contribution in [0.25, 0.3) is 0 Å². The van der Waals surface area contributed by atoms with Crippen LogP contribution in [-0.4, -0.2) is 162 Å². The van der Waals surface area contributed by atoms with Gasteiger partial charge < -0.3 is 51.4 Å². The first kappa shape index (κ1) is 71.6. The molecule has 5 atom stereocenters. The first-order chi connectivity index (χ1) is 40.4. The Morgan fingerprint density at radius 3 is 1.93 bits per heavy atom. The molecule has 2 aliphatic rings. The molecule has 2 aromatic rings. The van der Waals surface area contributed by atoms with Crippen molar-refractivity contribution in [3.05, 3.63) is 83.0 Å². The van der Waals surface area contributed by atoms with E-state index in [0.29, 0.717) is 42.5 Å². The van der Waals surface area contributed by atoms with Crippen molar-refractivity contribution in [2.75, 3.05) is 72.1 Å². The van der Waals surface area contributed by atoms with Gasteiger partial charge in [0.15, 0.2) is 5.78 Å². The number of nitrogens with one attached hydrogen (secondary N) is 6. The van der Waals surface area contributed by atoms with Gasteiger partial charge in [0.1, 0.15) is 6.04 Å². The van der Waals surface area contributed by atoms with E-state index in [1.165, 1.54) is 36.1 Å². The van der Waals surface area contributed by atoms with Gasteiger partial charge in [-0.05, 0) is 98.6 Å². The SMILES string of the molecule is CN[C@H](C(=O)N[C@H](C(=O)N(C)[C@H](/C=C(\C)C(=O)NS(=O)(=O)c1ccc(NC(=O)[C@H](CCCNC(N)=O)CC(=O)[C@@H](NC(=O)CCOCCOCCOCCN2C(=O)C=CC2=O)C(C)C)c2c1CCCC2)C(C)C)C(C)(C)C)C(C)(C)c1ccccc1. The number of nitrogens with two attached hydrogens (primary N) is 1. The maximum atomic E-state index is 14.5. The van der Waals surface area contributed by atoms with Crippen molar-refractivity contribution in [3.63, 3.8) is 0 Å². The van der Waals surface area contributed by atoms with Crippen molar-refractivity contribution in [3.8, 4) is 0 Å². The number of amides is 9. The zero-order chi connectivity index (χ0) is 64.1. The fraction of sp³-hybridized carbons (Fsp3) is 0.597. The third kappa shape index (κ3) is 20.9. The van der Waals surface area contributed by atoms with E-state index in [1.807, 2.05) is 78.8 Å². The van der Waals surface area contributed by atoms with Crippen LogP contribution in [0.15, 0.2) is 71.2 Å². The summed E-state index contributed by atoms with van der Waals surface area (Å²) in [6.07, 6.45) is 6.08. The average Bonchev–Trinajstić information content (AvgIpc) is 1.20. The zero-order valence-electron chi connectivity index (χ0n) is 52.2. The molecule has 86 heavy (non-hydrogen) atoms. The number of imide groups is 1. The van der Waals surface area contributed by atoms with Gasteiger partial charge in [-0.25, -0.2) is 17.9 Å². The number of nitrogens with zero attached hydrogens (tertiary/aromatic N) is 2. The molecule has 0 fully saturated rings.